The first-order valence-corrected chi connectivity index (χ1v) is 4.84. The van der Waals surface area contributed by atoms with E-state index in [-0.39, 0.29) is 11.8 Å². The van der Waals surface area contributed by atoms with Gasteiger partial charge in [-0.05, 0) is 23.8 Å². The number of allylic oxidation sites excluding steroid dienone is 1. The minimum atomic E-state index is 0.0613. The van der Waals surface area contributed by atoms with Crippen LogP contribution >= 0.6 is 11.6 Å². The summed E-state index contributed by atoms with van der Waals surface area (Å²) in [7, 11) is 0. The lowest BCUT2D eigenvalue weighted by molar-refractivity contribution is -0.115. The van der Waals surface area contributed by atoms with E-state index >= 15 is 0 Å². The Morgan fingerprint density at radius 1 is 1.43 bits per heavy atom. The zero-order chi connectivity index (χ0) is 9.97. The normalized spacial score (nSPS) is 20.6. The van der Waals surface area contributed by atoms with Crippen LogP contribution in [-0.4, -0.2) is 5.78 Å². The summed E-state index contributed by atoms with van der Waals surface area (Å²) in [5, 5.41) is 3.83. The fourth-order valence-corrected chi connectivity index (χ4v) is 1.72. The van der Waals surface area contributed by atoms with E-state index in [1.165, 1.54) is 0 Å². The van der Waals surface area contributed by atoms with Crippen LogP contribution in [0, 0.1) is 0 Å². The average Bonchev–Trinajstić information content (AvgIpc) is 2.18. The van der Waals surface area contributed by atoms with Crippen molar-refractivity contribution < 1.29 is 4.79 Å². The molecule has 0 saturated carbocycles. The second-order valence-electron chi connectivity index (χ2n) is 3.28. The molecule has 0 bridgehead atoms. The molecule has 1 heterocycles. The maximum atomic E-state index is 11.2. The number of carbonyl (C=O) groups excluding carboxylic acids is 1. The van der Waals surface area contributed by atoms with Crippen LogP contribution in [0.1, 0.15) is 18.0 Å². The minimum absolute atomic E-state index is 0.0613. The summed E-state index contributed by atoms with van der Waals surface area (Å²) in [4.78, 5) is 11.2. The molecule has 14 heavy (non-hydrogen) atoms. The van der Waals surface area contributed by atoms with E-state index in [1.54, 1.807) is 12.3 Å². The van der Waals surface area contributed by atoms with Crippen LogP contribution in [0.25, 0.3) is 0 Å². The lowest BCUT2D eigenvalue weighted by Gasteiger charge is -2.19. The summed E-state index contributed by atoms with van der Waals surface area (Å²) < 4.78 is 0. The molecule has 0 fully saturated rings. The number of nitrogens with one attached hydrogen (secondary N) is 1. The van der Waals surface area contributed by atoms with Gasteiger partial charge in [0.05, 0.1) is 6.04 Å². The van der Waals surface area contributed by atoms with Gasteiger partial charge in [0.15, 0.2) is 5.78 Å². The van der Waals surface area contributed by atoms with Gasteiger partial charge in [-0.3, -0.25) is 4.79 Å². The molecule has 2 rings (SSSR count). The van der Waals surface area contributed by atoms with Crippen molar-refractivity contribution >= 4 is 17.4 Å². The number of ketones is 1. The van der Waals surface area contributed by atoms with Gasteiger partial charge in [0, 0.05) is 17.6 Å². The average molecular weight is 208 g/mol. The second-order valence-corrected chi connectivity index (χ2v) is 3.71. The van der Waals surface area contributed by atoms with Gasteiger partial charge in [0.25, 0.3) is 0 Å². The minimum Gasteiger partial charge on any atom is -0.384 e. The highest BCUT2D eigenvalue weighted by atomic mass is 35.5. The van der Waals surface area contributed by atoms with Crippen molar-refractivity contribution in [3.05, 3.63) is 47.1 Å². The van der Waals surface area contributed by atoms with Gasteiger partial charge >= 0.3 is 0 Å². The Kier molecular flexibility index (Phi) is 2.55. The maximum absolute atomic E-state index is 11.2. The Labute approximate surface area is 87.6 Å². The van der Waals surface area contributed by atoms with Gasteiger partial charge in [-0.2, -0.15) is 0 Å². The highest BCUT2D eigenvalue weighted by Gasteiger charge is 2.16. The van der Waals surface area contributed by atoms with Gasteiger partial charge < -0.3 is 5.32 Å². The molecular weight excluding hydrogens is 198 g/mol. The SMILES string of the molecule is O=C1C=CN[C@H](c2cccc(Cl)c2)C1. The molecule has 0 aromatic heterocycles. The third kappa shape index (κ3) is 1.96. The number of hydrogen-bond donors (Lipinski definition) is 1. The van der Waals surface area contributed by atoms with Crippen LogP contribution in [0.15, 0.2) is 36.5 Å². The van der Waals surface area contributed by atoms with Crippen LogP contribution in [-0.2, 0) is 4.79 Å². The number of benzene rings is 1. The summed E-state index contributed by atoms with van der Waals surface area (Å²) in [5.74, 6) is 0.147. The fraction of sp³-hybridized carbons (Fsp3) is 0.182. The maximum Gasteiger partial charge on any atom is 0.159 e. The number of hydrogen-bond acceptors (Lipinski definition) is 2. The van der Waals surface area contributed by atoms with Crippen LogP contribution in [0.2, 0.25) is 5.02 Å². The van der Waals surface area contributed by atoms with Crippen LogP contribution in [0.4, 0.5) is 0 Å². The number of halogens is 1. The van der Waals surface area contributed by atoms with Crippen molar-refractivity contribution in [2.75, 3.05) is 0 Å². The van der Waals surface area contributed by atoms with Crippen LogP contribution in [0.5, 0.6) is 0 Å². The van der Waals surface area contributed by atoms with Gasteiger partial charge in [0.2, 0.25) is 0 Å². The van der Waals surface area contributed by atoms with Crippen LogP contribution in [0.3, 0.4) is 0 Å². The molecule has 0 radical (unpaired) electrons. The van der Waals surface area contributed by atoms with Gasteiger partial charge in [0.1, 0.15) is 0 Å². The van der Waals surface area contributed by atoms with Crippen molar-refractivity contribution in [1.82, 2.24) is 5.32 Å². The molecule has 0 spiro atoms. The smallest absolute Gasteiger partial charge is 0.159 e. The molecule has 2 nitrogen and oxygen atoms in total. The summed E-state index contributed by atoms with van der Waals surface area (Å²) >= 11 is 5.87. The molecule has 0 unspecified atom stereocenters. The third-order valence-corrected chi connectivity index (χ3v) is 2.46. The first-order chi connectivity index (χ1) is 6.75. The molecule has 1 atom stereocenters. The summed E-state index contributed by atoms with van der Waals surface area (Å²) in [5.41, 5.74) is 1.05. The van der Waals surface area contributed by atoms with E-state index in [1.807, 2.05) is 24.3 Å². The summed E-state index contributed by atoms with van der Waals surface area (Å²) in [6.45, 7) is 0. The predicted octanol–water partition coefficient (Wildman–Crippen LogP) is 2.46. The Balaban J connectivity index is 2.23. The first-order valence-electron chi connectivity index (χ1n) is 4.46. The molecular formula is C11H10ClNO. The lowest BCUT2D eigenvalue weighted by atomic mass is 9.99. The van der Waals surface area contributed by atoms with E-state index in [0.717, 1.165) is 5.56 Å². The van der Waals surface area contributed by atoms with Crippen LogP contribution < -0.4 is 5.32 Å². The molecule has 1 aliphatic rings. The first kappa shape index (κ1) is 9.28. The van der Waals surface area contributed by atoms with Crippen molar-refractivity contribution in [3.8, 4) is 0 Å². The number of rotatable bonds is 1. The van der Waals surface area contributed by atoms with Crippen molar-refractivity contribution in [2.45, 2.75) is 12.5 Å². The zero-order valence-electron chi connectivity index (χ0n) is 7.53. The quantitative estimate of drug-likeness (QED) is 0.767. The van der Waals surface area contributed by atoms with E-state index in [9.17, 15) is 4.79 Å². The molecule has 72 valence electrons. The Bertz CT molecular complexity index is 387. The van der Waals surface area contributed by atoms with Crippen molar-refractivity contribution in [1.29, 1.82) is 0 Å². The molecule has 0 aliphatic carbocycles. The largest absolute Gasteiger partial charge is 0.384 e. The van der Waals surface area contributed by atoms with Gasteiger partial charge in [-0.15, -0.1) is 0 Å². The van der Waals surface area contributed by atoms with Gasteiger partial charge in [-0.25, -0.2) is 0 Å². The molecule has 1 aromatic rings. The fourth-order valence-electron chi connectivity index (χ4n) is 1.52. The lowest BCUT2D eigenvalue weighted by Crippen LogP contribution is -2.22. The van der Waals surface area contributed by atoms with E-state index < -0.39 is 0 Å². The summed E-state index contributed by atoms with van der Waals surface area (Å²) in [6.07, 6.45) is 3.75. The van der Waals surface area contributed by atoms with Gasteiger partial charge in [-0.1, -0.05) is 23.7 Å². The predicted molar refractivity (Wildman–Crippen MR) is 56.1 cm³/mol. The Morgan fingerprint density at radius 3 is 3.00 bits per heavy atom. The van der Waals surface area contributed by atoms with Crippen molar-refractivity contribution in [2.24, 2.45) is 0 Å². The molecule has 0 amide bonds. The molecule has 1 aromatic carbocycles. The van der Waals surface area contributed by atoms with E-state index in [2.05, 4.69) is 5.32 Å². The van der Waals surface area contributed by atoms with E-state index in [0.29, 0.717) is 11.4 Å². The van der Waals surface area contributed by atoms with E-state index in [4.69, 9.17) is 11.6 Å². The summed E-state index contributed by atoms with van der Waals surface area (Å²) in [6, 6.07) is 7.63. The zero-order valence-corrected chi connectivity index (χ0v) is 8.29. The second kappa shape index (κ2) is 3.84. The molecule has 1 N–H and O–H groups in total. The molecule has 3 heteroatoms. The third-order valence-electron chi connectivity index (χ3n) is 2.22. The standard InChI is InChI=1S/C11H10ClNO/c12-9-3-1-2-8(6-9)11-7-10(14)4-5-13-11/h1-6,11,13H,7H2/t11-/m0/s1. The monoisotopic (exact) mass is 207 g/mol. The number of carbonyl (C=O) groups is 1. The Morgan fingerprint density at radius 2 is 2.29 bits per heavy atom. The highest BCUT2D eigenvalue weighted by molar-refractivity contribution is 6.30. The molecule has 0 saturated heterocycles. The topological polar surface area (TPSA) is 29.1 Å². The van der Waals surface area contributed by atoms with Crippen molar-refractivity contribution in [3.63, 3.8) is 0 Å². The Hall–Kier alpha value is -1.28. The highest BCUT2D eigenvalue weighted by Crippen LogP contribution is 2.22. The molecule has 1 aliphatic heterocycles.